The van der Waals surface area contributed by atoms with Crippen molar-refractivity contribution in [3.8, 4) is 11.3 Å². The number of fused-ring (bicyclic) bond motifs is 1. The van der Waals surface area contributed by atoms with E-state index in [0.29, 0.717) is 22.0 Å². The van der Waals surface area contributed by atoms with E-state index < -0.39 is 11.7 Å². The maximum absolute atomic E-state index is 12.9. The number of aromatic nitrogens is 1. The summed E-state index contributed by atoms with van der Waals surface area (Å²) in [6.45, 7) is 0. The molecule has 0 radical (unpaired) electrons. The molecule has 0 saturated carbocycles. The van der Waals surface area contributed by atoms with Crippen molar-refractivity contribution in [2.45, 2.75) is 6.18 Å². The molecule has 1 heterocycles. The number of nitrogens with one attached hydrogen (secondary N) is 1. The first kappa shape index (κ1) is 16.1. The van der Waals surface area contributed by atoms with Gasteiger partial charge < -0.3 is 9.88 Å². The molecule has 0 aliphatic carbocycles. The molecule has 0 saturated heterocycles. The van der Waals surface area contributed by atoms with E-state index in [0.717, 1.165) is 17.8 Å². The molecule has 0 atom stereocenters. The number of hydrogen-bond donors (Lipinski definition) is 1. The molecule has 3 rings (SSSR count). The molecule has 2 aromatic carbocycles. The SMILES string of the molecule is CN(C)c1ccc2cc(-c3cccc(C(F)(F)F)c3)[nH]c(=O)c2c1. The Bertz CT molecular complexity index is 958. The Hall–Kier alpha value is -2.76. The van der Waals surface area contributed by atoms with E-state index in [2.05, 4.69) is 4.98 Å². The quantitative estimate of drug-likeness (QED) is 0.760. The van der Waals surface area contributed by atoms with Gasteiger partial charge in [-0.05, 0) is 41.3 Å². The van der Waals surface area contributed by atoms with Crippen LogP contribution in [0.1, 0.15) is 5.56 Å². The summed E-state index contributed by atoms with van der Waals surface area (Å²) >= 11 is 0. The Morgan fingerprint density at radius 1 is 1.00 bits per heavy atom. The van der Waals surface area contributed by atoms with Crippen molar-refractivity contribution in [2.24, 2.45) is 0 Å². The average Bonchev–Trinajstić information content (AvgIpc) is 2.53. The van der Waals surface area contributed by atoms with E-state index in [1.54, 1.807) is 24.3 Å². The van der Waals surface area contributed by atoms with Gasteiger partial charge in [-0.1, -0.05) is 18.2 Å². The van der Waals surface area contributed by atoms with Gasteiger partial charge in [-0.2, -0.15) is 13.2 Å². The first-order valence-corrected chi connectivity index (χ1v) is 7.28. The monoisotopic (exact) mass is 332 g/mol. The number of nitrogens with zero attached hydrogens (tertiary/aromatic N) is 1. The van der Waals surface area contributed by atoms with Crippen LogP contribution in [0.15, 0.2) is 53.3 Å². The molecule has 1 aromatic heterocycles. The fourth-order valence-electron chi connectivity index (χ4n) is 2.54. The second-order valence-electron chi connectivity index (χ2n) is 5.76. The van der Waals surface area contributed by atoms with Crippen molar-refractivity contribution >= 4 is 16.5 Å². The van der Waals surface area contributed by atoms with Crippen LogP contribution in [0.4, 0.5) is 18.9 Å². The van der Waals surface area contributed by atoms with Gasteiger partial charge in [0.15, 0.2) is 0 Å². The summed E-state index contributed by atoms with van der Waals surface area (Å²) in [6, 6.07) is 12.0. The van der Waals surface area contributed by atoms with Crippen LogP contribution in [-0.2, 0) is 6.18 Å². The lowest BCUT2D eigenvalue weighted by atomic mass is 10.0. The summed E-state index contributed by atoms with van der Waals surface area (Å²) in [7, 11) is 3.73. The predicted molar refractivity (Wildman–Crippen MR) is 89.3 cm³/mol. The van der Waals surface area contributed by atoms with Crippen molar-refractivity contribution in [1.82, 2.24) is 4.98 Å². The summed E-state index contributed by atoms with van der Waals surface area (Å²) in [5.41, 5.74) is 0.476. The topological polar surface area (TPSA) is 36.1 Å². The zero-order chi connectivity index (χ0) is 17.5. The molecule has 0 unspecified atom stereocenters. The summed E-state index contributed by atoms with van der Waals surface area (Å²) in [5.74, 6) is 0. The highest BCUT2D eigenvalue weighted by atomic mass is 19.4. The van der Waals surface area contributed by atoms with Crippen molar-refractivity contribution < 1.29 is 13.2 Å². The second kappa shape index (κ2) is 5.70. The highest BCUT2D eigenvalue weighted by molar-refractivity contribution is 5.88. The molecule has 124 valence electrons. The number of hydrogen-bond acceptors (Lipinski definition) is 2. The first-order chi connectivity index (χ1) is 11.3. The maximum Gasteiger partial charge on any atom is 0.416 e. The third-order valence-corrected chi connectivity index (χ3v) is 3.85. The molecule has 1 N–H and O–H groups in total. The van der Waals surface area contributed by atoms with Gasteiger partial charge in [0.2, 0.25) is 0 Å². The van der Waals surface area contributed by atoms with Gasteiger partial charge in [0.25, 0.3) is 5.56 Å². The molecule has 0 spiro atoms. The van der Waals surface area contributed by atoms with E-state index in [-0.39, 0.29) is 5.56 Å². The second-order valence-corrected chi connectivity index (χ2v) is 5.76. The molecular weight excluding hydrogens is 317 g/mol. The minimum absolute atomic E-state index is 0.320. The van der Waals surface area contributed by atoms with Gasteiger partial charge in [0.05, 0.1) is 5.56 Å². The van der Waals surface area contributed by atoms with Gasteiger partial charge >= 0.3 is 6.18 Å². The van der Waals surface area contributed by atoms with Crippen molar-refractivity contribution in [1.29, 1.82) is 0 Å². The first-order valence-electron chi connectivity index (χ1n) is 7.28. The normalized spacial score (nSPS) is 11.7. The summed E-state index contributed by atoms with van der Waals surface area (Å²) in [5, 5.41) is 1.17. The fraction of sp³-hybridized carbons (Fsp3) is 0.167. The molecular formula is C18H15F3N2O. The van der Waals surface area contributed by atoms with E-state index >= 15 is 0 Å². The molecule has 0 aliphatic rings. The van der Waals surface area contributed by atoms with Crippen LogP contribution in [0.3, 0.4) is 0 Å². The molecule has 3 aromatic rings. The Labute approximate surface area is 136 Å². The molecule has 0 amide bonds. The number of halogens is 3. The third kappa shape index (κ3) is 2.99. The largest absolute Gasteiger partial charge is 0.416 e. The number of alkyl halides is 3. The molecule has 0 bridgehead atoms. The minimum atomic E-state index is -4.42. The molecule has 3 nitrogen and oxygen atoms in total. The Morgan fingerprint density at radius 2 is 1.75 bits per heavy atom. The standard InChI is InChI=1S/C18H15F3N2O/c1-23(2)14-7-6-11-9-16(22-17(24)15(11)10-14)12-4-3-5-13(8-12)18(19,20)21/h3-10H,1-2H3,(H,22,24). The van der Waals surface area contributed by atoms with Gasteiger partial charge in [-0.25, -0.2) is 0 Å². The summed E-state index contributed by atoms with van der Waals surface area (Å²) < 4.78 is 38.6. The zero-order valence-corrected chi connectivity index (χ0v) is 13.1. The number of anilines is 1. The Balaban J connectivity index is 2.15. The third-order valence-electron chi connectivity index (χ3n) is 3.85. The average molecular weight is 332 g/mol. The van der Waals surface area contributed by atoms with Crippen molar-refractivity contribution in [3.63, 3.8) is 0 Å². The minimum Gasteiger partial charge on any atom is -0.378 e. The van der Waals surface area contributed by atoms with E-state index in [1.807, 2.05) is 25.1 Å². The smallest absolute Gasteiger partial charge is 0.378 e. The number of H-pyrrole nitrogens is 1. The van der Waals surface area contributed by atoms with Gasteiger partial charge in [0, 0.05) is 30.9 Å². The van der Waals surface area contributed by atoms with Crippen molar-refractivity contribution in [3.05, 3.63) is 64.4 Å². The Morgan fingerprint density at radius 3 is 2.42 bits per heavy atom. The van der Waals surface area contributed by atoms with Crippen molar-refractivity contribution in [2.75, 3.05) is 19.0 Å². The van der Waals surface area contributed by atoms with Gasteiger partial charge in [-0.15, -0.1) is 0 Å². The molecule has 0 fully saturated rings. The van der Waals surface area contributed by atoms with Crippen LogP contribution in [0.5, 0.6) is 0 Å². The summed E-state index contributed by atoms with van der Waals surface area (Å²) in [4.78, 5) is 16.9. The maximum atomic E-state index is 12.9. The molecule has 0 aliphatic heterocycles. The predicted octanol–water partition coefficient (Wildman–Crippen LogP) is 4.28. The van der Waals surface area contributed by atoms with Crippen LogP contribution in [0.2, 0.25) is 0 Å². The molecule has 24 heavy (non-hydrogen) atoms. The van der Waals surface area contributed by atoms with Crippen LogP contribution in [-0.4, -0.2) is 19.1 Å². The van der Waals surface area contributed by atoms with Crippen LogP contribution >= 0.6 is 0 Å². The lowest BCUT2D eigenvalue weighted by Gasteiger charge is -2.13. The lowest BCUT2D eigenvalue weighted by Crippen LogP contribution is -2.11. The van der Waals surface area contributed by atoms with Crippen LogP contribution < -0.4 is 10.5 Å². The highest BCUT2D eigenvalue weighted by Crippen LogP contribution is 2.32. The highest BCUT2D eigenvalue weighted by Gasteiger charge is 2.30. The van der Waals surface area contributed by atoms with Crippen LogP contribution in [0, 0.1) is 0 Å². The number of pyridine rings is 1. The number of rotatable bonds is 2. The van der Waals surface area contributed by atoms with E-state index in [9.17, 15) is 18.0 Å². The number of aromatic amines is 1. The molecule has 6 heteroatoms. The summed E-state index contributed by atoms with van der Waals surface area (Å²) in [6.07, 6.45) is -4.42. The Kier molecular flexibility index (Phi) is 3.83. The zero-order valence-electron chi connectivity index (χ0n) is 13.1. The lowest BCUT2D eigenvalue weighted by molar-refractivity contribution is -0.137. The fourth-order valence-corrected chi connectivity index (χ4v) is 2.54. The number of benzene rings is 2. The van der Waals surface area contributed by atoms with E-state index in [1.165, 1.54) is 6.07 Å². The van der Waals surface area contributed by atoms with E-state index in [4.69, 9.17) is 0 Å². The van der Waals surface area contributed by atoms with Crippen LogP contribution in [0.25, 0.3) is 22.0 Å². The van der Waals surface area contributed by atoms with Gasteiger partial charge in [-0.3, -0.25) is 4.79 Å². The van der Waals surface area contributed by atoms with Gasteiger partial charge in [0.1, 0.15) is 0 Å².